The Morgan fingerprint density at radius 1 is 1.04 bits per heavy atom. The Morgan fingerprint density at radius 3 is 2.43 bits per heavy atom. The van der Waals surface area contributed by atoms with Gasteiger partial charge in [0.25, 0.3) is 0 Å². The Hall–Kier alpha value is -1.87. The van der Waals surface area contributed by atoms with E-state index in [0.29, 0.717) is 6.04 Å². The standard InChI is InChI=1S/C19H22ClN3/c1-4-13(5-2)23-17(6-3)22-18-15(11-12-21-19(18)23)14-9-7-8-10-16(14)20/h7-13H,4-6H2,1-3H3. The van der Waals surface area contributed by atoms with Crippen LogP contribution in [0.5, 0.6) is 0 Å². The third-order valence-corrected chi connectivity index (χ3v) is 4.77. The van der Waals surface area contributed by atoms with Crippen molar-refractivity contribution in [1.29, 1.82) is 0 Å². The average molecular weight is 328 g/mol. The third-order valence-electron chi connectivity index (χ3n) is 4.44. The lowest BCUT2D eigenvalue weighted by atomic mass is 10.1. The van der Waals surface area contributed by atoms with Crippen LogP contribution in [0.3, 0.4) is 0 Å². The van der Waals surface area contributed by atoms with Gasteiger partial charge < -0.3 is 4.57 Å². The molecular formula is C19H22ClN3. The molecule has 0 aliphatic heterocycles. The summed E-state index contributed by atoms with van der Waals surface area (Å²) in [5, 5.41) is 0.745. The van der Waals surface area contributed by atoms with Crippen molar-refractivity contribution < 1.29 is 0 Å². The van der Waals surface area contributed by atoms with Crippen molar-refractivity contribution in [2.45, 2.75) is 46.1 Å². The van der Waals surface area contributed by atoms with Crippen molar-refractivity contribution in [3.05, 3.63) is 47.4 Å². The number of pyridine rings is 1. The van der Waals surface area contributed by atoms with Gasteiger partial charge in [0.15, 0.2) is 5.65 Å². The lowest BCUT2D eigenvalue weighted by molar-refractivity contribution is 0.466. The first-order valence-corrected chi connectivity index (χ1v) is 8.69. The molecule has 3 aromatic rings. The molecule has 0 aliphatic rings. The van der Waals surface area contributed by atoms with Gasteiger partial charge in [0, 0.05) is 34.8 Å². The Balaban J connectivity index is 2.30. The average Bonchev–Trinajstić information content (AvgIpc) is 2.95. The van der Waals surface area contributed by atoms with Crippen molar-refractivity contribution >= 4 is 22.8 Å². The summed E-state index contributed by atoms with van der Waals surface area (Å²) in [4.78, 5) is 9.55. The smallest absolute Gasteiger partial charge is 0.160 e. The zero-order valence-electron chi connectivity index (χ0n) is 13.9. The van der Waals surface area contributed by atoms with E-state index < -0.39 is 0 Å². The van der Waals surface area contributed by atoms with E-state index >= 15 is 0 Å². The highest BCUT2D eigenvalue weighted by Crippen LogP contribution is 2.34. The van der Waals surface area contributed by atoms with Crippen molar-refractivity contribution in [2.24, 2.45) is 0 Å². The molecule has 0 radical (unpaired) electrons. The largest absolute Gasteiger partial charge is 0.310 e. The summed E-state index contributed by atoms with van der Waals surface area (Å²) in [5.41, 5.74) is 3.98. The van der Waals surface area contributed by atoms with E-state index in [1.807, 2.05) is 36.5 Å². The molecule has 4 heteroatoms. The third kappa shape index (κ3) is 2.74. The lowest BCUT2D eigenvalue weighted by Crippen LogP contribution is -2.11. The molecule has 0 saturated heterocycles. The second kappa shape index (κ2) is 6.71. The van der Waals surface area contributed by atoms with Gasteiger partial charge in [-0.15, -0.1) is 0 Å². The highest BCUT2D eigenvalue weighted by molar-refractivity contribution is 6.33. The van der Waals surface area contributed by atoms with E-state index in [4.69, 9.17) is 16.6 Å². The van der Waals surface area contributed by atoms with Crippen LogP contribution in [0.1, 0.15) is 45.5 Å². The predicted molar refractivity (Wildman–Crippen MR) is 97.0 cm³/mol. The molecule has 0 bridgehead atoms. The number of benzene rings is 1. The molecule has 0 N–H and O–H groups in total. The van der Waals surface area contributed by atoms with Crippen LogP contribution in [-0.2, 0) is 6.42 Å². The Morgan fingerprint density at radius 2 is 1.78 bits per heavy atom. The molecule has 3 rings (SSSR count). The number of aryl methyl sites for hydroxylation is 1. The lowest BCUT2D eigenvalue weighted by Gasteiger charge is -2.17. The Labute approximate surface area is 142 Å². The zero-order chi connectivity index (χ0) is 16.4. The van der Waals surface area contributed by atoms with Crippen LogP contribution < -0.4 is 0 Å². The number of aromatic nitrogens is 3. The fourth-order valence-corrected chi connectivity index (χ4v) is 3.46. The minimum atomic E-state index is 0.434. The highest BCUT2D eigenvalue weighted by atomic mass is 35.5. The fraction of sp³-hybridized carbons (Fsp3) is 0.368. The van der Waals surface area contributed by atoms with Crippen LogP contribution in [-0.4, -0.2) is 14.5 Å². The highest BCUT2D eigenvalue weighted by Gasteiger charge is 2.19. The van der Waals surface area contributed by atoms with Gasteiger partial charge in [0.1, 0.15) is 11.3 Å². The maximum atomic E-state index is 6.40. The van der Waals surface area contributed by atoms with Gasteiger partial charge >= 0.3 is 0 Å². The topological polar surface area (TPSA) is 30.7 Å². The number of halogens is 1. The minimum Gasteiger partial charge on any atom is -0.310 e. The summed E-state index contributed by atoms with van der Waals surface area (Å²) in [6.07, 6.45) is 4.91. The van der Waals surface area contributed by atoms with Crippen molar-refractivity contribution in [3.63, 3.8) is 0 Å². The number of hydrogen-bond acceptors (Lipinski definition) is 2. The first kappa shape index (κ1) is 16.0. The normalized spacial score (nSPS) is 11.5. The summed E-state index contributed by atoms with van der Waals surface area (Å²) in [6, 6.07) is 10.4. The molecule has 3 nitrogen and oxygen atoms in total. The first-order chi connectivity index (χ1) is 11.2. The molecule has 2 aromatic heterocycles. The molecule has 2 heterocycles. The van der Waals surface area contributed by atoms with Gasteiger partial charge in [-0.2, -0.15) is 0 Å². The summed E-state index contributed by atoms with van der Waals surface area (Å²) in [6.45, 7) is 6.59. The van der Waals surface area contributed by atoms with Gasteiger partial charge in [-0.1, -0.05) is 50.6 Å². The van der Waals surface area contributed by atoms with Gasteiger partial charge in [-0.05, 0) is 25.0 Å². The van der Waals surface area contributed by atoms with E-state index in [1.54, 1.807) is 0 Å². The molecule has 0 aliphatic carbocycles. The second-order valence-corrected chi connectivity index (χ2v) is 6.14. The number of fused-ring (bicyclic) bond motifs is 1. The van der Waals surface area contributed by atoms with Crippen molar-refractivity contribution in [3.8, 4) is 11.1 Å². The van der Waals surface area contributed by atoms with E-state index in [9.17, 15) is 0 Å². The van der Waals surface area contributed by atoms with Crippen LogP contribution in [0.4, 0.5) is 0 Å². The van der Waals surface area contributed by atoms with Crippen LogP contribution >= 0.6 is 11.6 Å². The molecule has 0 atom stereocenters. The van der Waals surface area contributed by atoms with Gasteiger partial charge in [0.2, 0.25) is 0 Å². The van der Waals surface area contributed by atoms with Gasteiger partial charge in [0.05, 0.1) is 0 Å². The molecule has 23 heavy (non-hydrogen) atoms. The molecule has 0 saturated carbocycles. The maximum absolute atomic E-state index is 6.40. The fourth-order valence-electron chi connectivity index (χ4n) is 3.22. The van der Waals surface area contributed by atoms with E-state index in [-0.39, 0.29) is 0 Å². The van der Waals surface area contributed by atoms with Crippen LogP contribution in [0.2, 0.25) is 5.02 Å². The van der Waals surface area contributed by atoms with E-state index in [2.05, 4.69) is 30.3 Å². The predicted octanol–water partition coefficient (Wildman–Crippen LogP) is 5.68. The zero-order valence-corrected chi connectivity index (χ0v) is 14.6. The van der Waals surface area contributed by atoms with E-state index in [1.165, 1.54) is 0 Å². The van der Waals surface area contributed by atoms with Crippen LogP contribution in [0, 0.1) is 0 Å². The first-order valence-electron chi connectivity index (χ1n) is 8.31. The molecule has 1 aromatic carbocycles. The Bertz CT molecular complexity index is 819. The SMILES string of the molecule is CCc1nc2c(-c3ccccc3Cl)ccnc2n1C(CC)CC. The quantitative estimate of drug-likeness (QED) is 0.604. The summed E-state index contributed by atoms with van der Waals surface area (Å²) >= 11 is 6.40. The van der Waals surface area contributed by atoms with Crippen LogP contribution in [0.25, 0.3) is 22.3 Å². The van der Waals surface area contributed by atoms with Crippen molar-refractivity contribution in [1.82, 2.24) is 14.5 Å². The number of imidazole rings is 1. The van der Waals surface area contributed by atoms with E-state index in [0.717, 1.165) is 52.4 Å². The van der Waals surface area contributed by atoms with Crippen LogP contribution in [0.15, 0.2) is 36.5 Å². The maximum Gasteiger partial charge on any atom is 0.160 e. The van der Waals surface area contributed by atoms with Gasteiger partial charge in [-0.3, -0.25) is 0 Å². The summed E-state index contributed by atoms with van der Waals surface area (Å²) < 4.78 is 2.32. The molecule has 0 fully saturated rings. The molecular weight excluding hydrogens is 306 g/mol. The summed E-state index contributed by atoms with van der Waals surface area (Å²) in [7, 11) is 0. The van der Waals surface area contributed by atoms with Gasteiger partial charge in [-0.25, -0.2) is 9.97 Å². The summed E-state index contributed by atoms with van der Waals surface area (Å²) in [5.74, 6) is 1.10. The molecule has 120 valence electrons. The molecule has 0 amide bonds. The van der Waals surface area contributed by atoms with Crippen molar-refractivity contribution in [2.75, 3.05) is 0 Å². The second-order valence-electron chi connectivity index (χ2n) is 5.73. The number of nitrogens with zero attached hydrogens (tertiary/aromatic N) is 3. The number of rotatable bonds is 5. The number of hydrogen-bond donors (Lipinski definition) is 0. The Kier molecular flexibility index (Phi) is 4.67. The monoisotopic (exact) mass is 327 g/mol. The molecule has 0 unspecified atom stereocenters. The molecule has 0 spiro atoms. The minimum absolute atomic E-state index is 0.434.